The average Bonchev–Trinajstić information content (AvgIpc) is 3.00. The number of hydrogen-bond acceptors (Lipinski definition) is 2. The molecule has 0 fully saturated rings. The molecule has 1 heterocycles. The molecule has 6 heteroatoms. The van der Waals surface area contributed by atoms with Crippen LogP contribution in [0.5, 0.6) is 0 Å². The fourth-order valence-electron chi connectivity index (χ4n) is 3.50. The van der Waals surface area contributed by atoms with Crippen LogP contribution in [0.2, 0.25) is 5.02 Å². The Morgan fingerprint density at radius 1 is 1.10 bits per heavy atom. The number of hydrazone groups is 1. The molecule has 4 nitrogen and oxygen atoms in total. The zero-order valence-electron chi connectivity index (χ0n) is 16.3. The summed E-state index contributed by atoms with van der Waals surface area (Å²) in [6, 6.07) is 23.3. The lowest BCUT2D eigenvalue weighted by Gasteiger charge is -2.09. The SMILES string of the molecule is Cc1c(/C=N/NC(=O)c2ccccc2Br)c2ccccc2n1Cc1cccc(Cl)c1. The first-order valence-corrected chi connectivity index (χ1v) is 10.6. The lowest BCUT2D eigenvalue weighted by Crippen LogP contribution is -2.18. The molecule has 0 radical (unpaired) electrons. The molecule has 150 valence electrons. The Morgan fingerprint density at radius 2 is 1.87 bits per heavy atom. The molecule has 4 rings (SSSR count). The molecular formula is C24H19BrClN3O. The molecule has 0 bridgehead atoms. The van der Waals surface area contributed by atoms with E-state index < -0.39 is 0 Å². The number of carbonyl (C=O) groups excluding carboxylic acids is 1. The summed E-state index contributed by atoms with van der Waals surface area (Å²) >= 11 is 9.55. The van der Waals surface area contributed by atoms with Gasteiger partial charge in [-0.25, -0.2) is 5.43 Å². The quantitative estimate of drug-likeness (QED) is 0.269. The molecule has 0 saturated heterocycles. The van der Waals surface area contributed by atoms with Gasteiger partial charge >= 0.3 is 0 Å². The standard InChI is InChI=1S/C24H19BrClN3O/c1-16-21(14-27-28-24(30)20-10-2-4-11-22(20)25)19-9-3-5-12-23(19)29(16)15-17-7-6-8-18(26)13-17/h2-14H,15H2,1H3,(H,28,30)/b27-14+. The van der Waals surface area contributed by atoms with Crippen molar-refractivity contribution in [3.05, 3.63) is 105 Å². The number of para-hydroxylation sites is 1. The van der Waals surface area contributed by atoms with E-state index in [9.17, 15) is 4.79 Å². The molecule has 0 aliphatic carbocycles. The molecule has 0 spiro atoms. The first-order valence-electron chi connectivity index (χ1n) is 9.45. The van der Waals surface area contributed by atoms with Gasteiger partial charge in [-0.1, -0.05) is 54.1 Å². The van der Waals surface area contributed by atoms with E-state index in [2.05, 4.69) is 56.1 Å². The van der Waals surface area contributed by atoms with Gasteiger partial charge in [0.15, 0.2) is 0 Å². The van der Waals surface area contributed by atoms with Gasteiger partial charge in [0.25, 0.3) is 5.91 Å². The minimum Gasteiger partial charge on any atom is -0.340 e. The van der Waals surface area contributed by atoms with Gasteiger partial charge in [-0.15, -0.1) is 0 Å². The fraction of sp³-hybridized carbons (Fsp3) is 0.0833. The third-order valence-corrected chi connectivity index (χ3v) is 5.91. The maximum absolute atomic E-state index is 12.4. The van der Waals surface area contributed by atoms with Crippen LogP contribution in [-0.2, 0) is 6.54 Å². The van der Waals surface area contributed by atoms with Crippen LogP contribution in [0.3, 0.4) is 0 Å². The van der Waals surface area contributed by atoms with Crippen LogP contribution in [0, 0.1) is 6.92 Å². The molecule has 0 saturated carbocycles. The number of nitrogens with zero attached hydrogens (tertiary/aromatic N) is 2. The lowest BCUT2D eigenvalue weighted by molar-refractivity contribution is 0.0954. The third-order valence-electron chi connectivity index (χ3n) is 4.99. The lowest BCUT2D eigenvalue weighted by atomic mass is 10.1. The topological polar surface area (TPSA) is 46.4 Å². The Balaban J connectivity index is 1.64. The summed E-state index contributed by atoms with van der Waals surface area (Å²) in [7, 11) is 0. The molecular weight excluding hydrogens is 462 g/mol. The highest BCUT2D eigenvalue weighted by atomic mass is 79.9. The Kier molecular flexibility index (Phi) is 6.02. The number of carbonyl (C=O) groups is 1. The van der Waals surface area contributed by atoms with Crippen LogP contribution in [0.25, 0.3) is 10.9 Å². The van der Waals surface area contributed by atoms with Gasteiger partial charge in [0, 0.05) is 38.2 Å². The first-order chi connectivity index (χ1) is 14.5. The van der Waals surface area contributed by atoms with Crippen molar-refractivity contribution in [1.82, 2.24) is 9.99 Å². The summed E-state index contributed by atoms with van der Waals surface area (Å²) in [6.45, 7) is 2.76. The van der Waals surface area contributed by atoms with Crippen molar-refractivity contribution in [2.75, 3.05) is 0 Å². The predicted molar refractivity (Wildman–Crippen MR) is 126 cm³/mol. The highest BCUT2D eigenvalue weighted by Crippen LogP contribution is 2.26. The second kappa shape index (κ2) is 8.86. The molecule has 30 heavy (non-hydrogen) atoms. The number of fused-ring (bicyclic) bond motifs is 1. The molecule has 1 aromatic heterocycles. The van der Waals surface area contributed by atoms with Gasteiger partial charge in [-0.2, -0.15) is 5.10 Å². The van der Waals surface area contributed by atoms with Crippen molar-refractivity contribution >= 4 is 50.6 Å². The summed E-state index contributed by atoms with van der Waals surface area (Å²) in [5.41, 5.74) is 7.42. The van der Waals surface area contributed by atoms with Gasteiger partial charge < -0.3 is 4.57 Å². The van der Waals surface area contributed by atoms with Crippen LogP contribution in [-0.4, -0.2) is 16.7 Å². The number of halogens is 2. The molecule has 3 aromatic carbocycles. The number of hydrogen-bond donors (Lipinski definition) is 1. The van der Waals surface area contributed by atoms with Gasteiger partial charge in [0.2, 0.25) is 0 Å². The average molecular weight is 481 g/mol. The van der Waals surface area contributed by atoms with Gasteiger partial charge in [-0.3, -0.25) is 4.79 Å². The Bertz CT molecular complexity index is 1260. The molecule has 0 aliphatic rings. The van der Waals surface area contributed by atoms with Crippen molar-refractivity contribution in [2.45, 2.75) is 13.5 Å². The number of benzene rings is 3. The molecule has 1 N–H and O–H groups in total. The van der Waals surface area contributed by atoms with Gasteiger partial charge in [0.05, 0.1) is 11.8 Å². The van der Waals surface area contributed by atoms with Crippen LogP contribution in [0.15, 0.2) is 82.4 Å². The summed E-state index contributed by atoms with van der Waals surface area (Å²) in [6.07, 6.45) is 1.71. The third kappa shape index (κ3) is 4.18. The number of nitrogens with one attached hydrogen (secondary N) is 1. The Morgan fingerprint density at radius 3 is 2.67 bits per heavy atom. The highest BCUT2D eigenvalue weighted by Gasteiger charge is 2.13. The maximum Gasteiger partial charge on any atom is 0.272 e. The zero-order valence-corrected chi connectivity index (χ0v) is 18.6. The van der Waals surface area contributed by atoms with E-state index in [1.54, 1.807) is 12.3 Å². The molecule has 4 aromatic rings. The van der Waals surface area contributed by atoms with Gasteiger partial charge in [0.1, 0.15) is 0 Å². The van der Waals surface area contributed by atoms with E-state index >= 15 is 0 Å². The van der Waals surface area contributed by atoms with Gasteiger partial charge in [-0.05, 0) is 58.7 Å². The van der Waals surface area contributed by atoms with E-state index in [0.717, 1.165) is 37.2 Å². The largest absolute Gasteiger partial charge is 0.340 e. The van der Waals surface area contributed by atoms with E-state index in [-0.39, 0.29) is 5.91 Å². The monoisotopic (exact) mass is 479 g/mol. The summed E-state index contributed by atoms with van der Waals surface area (Å²) in [5.74, 6) is -0.265. The van der Waals surface area contributed by atoms with E-state index in [1.165, 1.54) is 0 Å². The van der Waals surface area contributed by atoms with Crippen molar-refractivity contribution < 1.29 is 4.79 Å². The highest BCUT2D eigenvalue weighted by molar-refractivity contribution is 9.10. The van der Waals surface area contributed by atoms with Crippen molar-refractivity contribution in [2.24, 2.45) is 5.10 Å². The van der Waals surface area contributed by atoms with Crippen molar-refractivity contribution in [3.63, 3.8) is 0 Å². The smallest absolute Gasteiger partial charge is 0.272 e. The van der Waals surface area contributed by atoms with E-state index in [4.69, 9.17) is 11.6 Å². The number of rotatable bonds is 5. The van der Waals surface area contributed by atoms with Crippen LogP contribution in [0.4, 0.5) is 0 Å². The Hall–Kier alpha value is -2.89. The van der Waals surface area contributed by atoms with E-state index in [1.807, 2.05) is 48.5 Å². The summed E-state index contributed by atoms with van der Waals surface area (Å²) in [5, 5.41) is 6.02. The fourth-order valence-corrected chi connectivity index (χ4v) is 4.18. The maximum atomic E-state index is 12.4. The first kappa shape index (κ1) is 20.4. The molecule has 0 atom stereocenters. The predicted octanol–water partition coefficient (Wildman–Crippen LogP) is 6.18. The Labute approximate surface area is 188 Å². The second-order valence-corrected chi connectivity index (χ2v) is 8.20. The van der Waals surface area contributed by atoms with Crippen LogP contribution >= 0.6 is 27.5 Å². The molecule has 1 amide bonds. The molecule has 0 aliphatic heterocycles. The number of amides is 1. The zero-order chi connectivity index (χ0) is 21.1. The van der Waals surface area contributed by atoms with Crippen LogP contribution < -0.4 is 5.43 Å². The van der Waals surface area contributed by atoms with Crippen molar-refractivity contribution in [1.29, 1.82) is 0 Å². The number of aromatic nitrogens is 1. The van der Waals surface area contributed by atoms with Crippen LogP contribution in [0.1, 0.15) is 27.2 Å². The molecule has 0 unspecified atom stereocenters. The normalized spacial score (nSPS) is 11.3. The minimum absolute atomic E-state index is 0.265. The minimum atomic E-state index is -0.265. The van der Waals surface area contributed by atoms with E-state index in [0.29, 0.717) is 12.1 Å². The van der Waals surface area contributed by atoms with Crippen molar-refractivity contribution in [3.8, 4) is 0 Å². The second-order valence-electron chi connectivity index (χ2n) is 6.91. The summed E-state index contributed by atoms with van der Waals surface area (Å²) < 4.78 is 2.96. The summed E-state index contributed by atoms with van der Waals surface area (Å²) in [4.78, 5) is 12.4.